The summed E-state index contributed by atoms with van der Waals surface area (Å²) in [6, 6.07) is 6.51. The highest BCUT2D eigenvalue weighted by molar-refractivity contribution is 7.71. The molecule has 1 aliphatic rings. The SMILES string of the molecule is Cc1ccc2c(c1)[nH]c(=S)n2CC1(C)CCC1. The molecule has 1 fully saturated rings. The lowest BCUT2D eigenvalue weighted by Crippen LogP contribution is -2.30. The second kappa shape index (κ2) is 3.70. The van der Waals surface area contributed by atoms with Gasteiger partial charge in [0.05, 0.1) is 11.0 Å². The second-order valence-corrected chi connectivity index (χ2v) is 6.09. The average Bonchev–Trinajstić information content (AvgIpc) is 2.52. The minimum Gasteiger partial charge on any atom is -0.331 e. The molecule has 0 radical (unpaired) electrons. The Morgan fingerprint density at radius 3 is 2.82 bits per heavy atom. The highest BCUT2D eigenvalue weighted by atomic mass is 32.1. The van der Waals surface area contributed by atoms with Crippen LogP contribution in [0.25, 0.3) is 11.0 Å². The van der Waals surface area contributed by atoms with Crippen molar-refractivity contribution in [3.63, 3.8) is 0 Å². The Morgan fingerprint density at radius 1 is 1.41 bits per heavy atom. The predicted octanol–water partition coefficient (Wildman–Crippen LogP) is 4.20. The number of hydrogen-bond donors (Lipinski definition) is 1. The number of hydrogen-bond acceptors (Lipinski definition) is 1. The maximum Gasteiger partial charge on any atom is 0.178 e. The van der Waals surface area contributed by atoms with E-state index in [1.54, 1.807) is 0 Å². The Kier molecular flexibility index (Phi) is 2.40. The second-order valence-electron chi connectivity index (χ2n) is 5.70. The predicted molar refractivity (Wildman–Crippen MR) is 73.8 cm³/mol. The lowest BCUT2D eigenvalue weighted by Gasteiger charge is -2.38. The Hall–Kier alpha value is -1.09. The number of rotatable bonds is 2. The van der Waals surface area contributed by atoms with Crippen molar-refractivity contribution in [3.05, 3.63) is 28.5 Å². The quantitative estimate of drug-likeness (QED) is 0.788. The molecule has 0 aliphatic heterocycles. The van der Waals surface area contributed by atoms with Crippen LogP contribution in [0.5, 0.6) is 0 Å². The summed E-state index contributed by atoms with van der Waals surface area (Å²) in [6.07, 6.45) is 4.02. The number of aromatic nitrogens is 2. The highest BCUT2D eigenvalue weighted by Gasteiger charge is 2.32. The van der Waals surface area contributed by atoms with Crippen molar-refractivity contribution in [2.45, 2.75) is 39.7 Å². The fourth-order valence-electron chi connectivity index (χ4n) is 2.75. The van der Waals surface area contributed by atoms with Crippen molar-refractivity contribution in [2.24, 2.45) is 5.41 Å². The van der Waals surface area contributed by atoms with Gasteiger partial charge in [0, 0.05) is 6.54 Å². The number of benzene rings is 1. The first-order valence-electron chi connectivity index (χ1n) is 6.27. The Bertz CT molecular complexity index is 617. The summed E-state index contributed by atoms with van der Waals surface area (Å²) >= 11 is 5.44. The Morgan fingerprint density at radius 2 is 2.18 bits per heavy atom. The van der Waals surface area contributed by atoms with Crippen molar-refractivity contribution in [2.75, 3.05) is 0 Å². The Labute approximate surface area is 107 Å². The van der Waals surface area contributed by atoms with Crippen molar-refractivity contribution in [1.29, 1.82) is 0 Å². The van der Waals surface area contributed by atoms with E-state index >= 15 is 0 Å². The smallest absolute Gasteiger partial charge is 0.178 e. The summed E-state index contributed by atoms with van der Waals surface area (Å²) in [4.78, 5) is 3.32. The van der Waals surface area contributed by atoms with Crippen LogP contribution in [0.15, 0.2) is 18.2 Å². The average molecular weight is 246 g/mol. The van der Waals surface area contributed by atoms with Crippen molar-refractivity contribution < 1.29 is 0 Å². The summed E-state index contributed by atoms with van der Waals surface area (Å²) in [7, 11) is 0. The van der Waals surface area contributed by atoms with E-state index in [1.165, 1.54) is 30.3 Å². The number of aromatic amines is 1. The van der Waals surface area contributed by atoms with E-state index in [2.05, 4.69) is 41.6 Å². The van der Waals surface area contributed by atoms with E-state index in [-0.39, 0.29) is 0 Å². The van der Waals surface area contributed by atoms with Gasteiger partial charge in [-0.1, -0.05) is 19.4 Å². The summed E-state index contributed by atoms with van der Waals surface area (Å²) < 4.78 is 3.13. The van der Waals surface area contributed by atoms with E-state index in [9.17, 15) is 0 Å². The van der Waals surface area contributed by atoms with Crippen molar-refractivity contribution >= 4 is 23.3 Å². The zero-order chi connectivity index (χ0) is 12.0. The van der Waals surface area contributed by atoms with Crippen molar-refractivity contribution in [3.8, 4) is 0 Å². The van der Waals surface area contributed by atoms with Crippen LogP contribution in [0.4, 0.5) is 0 Å². The molecule has 1 aromatic heterocycles. The van der Waals surface area contributed by atoms with Crippen LogP contribution in [0.1, 0.15) is 31.7 Å². The maximum absolute atomic E-state index is 5.44. The molecule has 2 nitrogen and oxygen atoms in total. The zero-order valence-corrected chi connectivity index (χ0v) is 11.2. The molecule has 2 aromatic rings. The van der Waals surface area contributed by atoms with Crippen LogP contribution in [0.3, 0.4) is 0 Å². The normalized spacial score (nSPS) is 18.2. The fourth-order valence-corrected chi connectivity index (χ4v) is 3.03. The molecule has 17 heavy (non-hydrogen) atoms. The van der Waals surface area contributed by atoms with Crippen LogP contribution in [-0.2, 0) is 6.54 Å². The number of aryl methyl sites for hydroxylation is 1. The summed E-state index contributed by atoms with van der Waals surface area (Å²) in [5.41, 5.74) is 4.14. The van der Waals surface area contributed by atoms with Gasteiger partial charge in [-0.05, 0) is 55.1 Å². The molecule has 0 unspecified atom stereocenters. The number of nitrogens with zero attached hydrogens (tertiary/aromatic N) is 1. The molecule has 1 saturated carbocycles. The van der Waals surface area contributed by atoms with Gasteiger partial charge < -0.3 is 9.55 Å². The van der Waals surface area contributed by atoms with E-state index < -0.39 is 0 Å². The fraction of sp³-hybridized carbons (Fsp3) is 0.500. The molecule has 1 aromatic carbocycles. The Balaban J connectivity index is 2.09. The number of fused-ring (bicyclic) bond motifs is 1. The van der Waals surface area contributed by atoms with E-state index in [0.29, 0.717) is 5.41 Å². The third-order valence-electron chi connectivity index (χ3n) is 4.03. The van der Waals surface area contributed by atoms with Crippen LogP contribution in [0, 0.1) is 17.1 Å². The lowest BCUT2D eigenvalue weighted by molar-refractivity contribution is 0.133. The molecular weight excluding hydrogens is 228 g/mol. The molecule has 0 amide bonds. The minimum atomic E-state index is 0.457. The largest absolute Gasteiger partial charge is 0.331 e. The van der Waals surface area contributed by atoms with Gasteiger partial charge in [0.1, 0.15) is 0 Å². The van der Waals surface area contributed by atoms with E-state index in [4.69, 9.17) is 12.2 Å². The van der Waals surface area contributed by atoms with E-state index in [1.807, 2.05) is 0 Å². The molecule has 0 bridgehead atoms. The van der Waals surface area contributed by atoms with Gasteiger partial charge in [-0.2, -0.15) is 0 Å². The van der Waals surface area contributed by atoms with E-state index in [0.717, 1.165) is 16.8 Å². The van der Waals surface area contributed by atoms with Crippen LogP contribution in [-0.4, -0.2) is 9.55 Å². The third kappa shape index (κ3) is 1.82. The van der Waals surface area contributed by atoms with Gasteiger partial charge in [0.25, 0.3) is 0 Å². The third-order valence-corrected chi connectivity index (χ3v) is 4.35. The molecule has 0 atom stereocenters. The van der Waals surface area contributed by atoms with Gasteiger partial charge in [0.2, 0.25) is 0 Å². The molecule has 3 heteroatoms. The molecule has 1 aliphatic carbocycles. The molecule has 3 rings (SSSR count). The monoisotopic (exact) mass is 246 g/mol. The first-order valence-corrected chi connectivity index (χ1v) is 6.67. The van der Waals surface area contributed by atoms with Gasteiger partial charge in [-0.3, -0.25) is 0 Å². The van der Waals surface area contributed by atoms with Crippen LogP contribution in [0.2, 0.25) is 0 Å². The molecule has 90 valence electrons. The molecule has 0 spiro atoms. The van der Waals surface area contributed by atoms with Crippen LogP contribution >= 0.6 is 12.2 Å². The standard InChI is InChI=1S/C14H18N2S/c1-10-4-5-12-11(8-10)15-13(17)16(12)9-14(2)6-3-7-14/h4-5,8H,3,6-7,9H2,1-2H3,(H,15,17). The van der Waals surface area contributed by atoms with Crippen LogP contribution < -0.4 is 0 Å². The summed E-state index contributed by atoms with van der Waals surface area (Å²) in [6.45, 7) is 5.53. The first-order chi connectivity index (χ1) is 8.07. The van der Waals surface area contributed by atoms with Gasteiger partial charge >= 0.3 is 0 Å². The van der Waals surface area contributed by atoms with Gasteiger partial charge in [-0.15, -0.1) is 0 Å². The topological polar surface area (TPSA) is 20.7 Å². The van der Waals surface area contributed by atoms with Gasteiger partial charge in [0.15, 0.2) is 4.77 Å². The first kappa shape index (κ1) is 11.0. The summed E-state index contributed by atoms with van der Waals surface area (Å²) in [5.74, 6) is 0. The molecule has 0 saturated heterocycles. The maximum atomic E-state index is 5.44. The molecule has 1 heterocycles. The summed E-state index contributed by atoms with van der Waals surface area (Å²) in [5, 5.41) is 0. The minimum absolute atomic E-state index is 0.457. The highest BCUT2D eigenvalue weighted by Crippen LogP contribution is 2.42. The molecular formula is C14H18N2S. The number of nitrogens with one attached hydrogen (secondary N) is 1. The number of H-pyrrole nitrogens is 1. The zero-order valence-electron chi connectivity index (χ0n) is 10.4. The number of imidazole rings is 1. The molecule has 1 N–H and O–H groups in total. The van der Waals surface area contributed by atoms with Crippen molar-refractivity contribution in [1.82, 2.24) is 9.55 Å². The van der Waals surface area contributed by atoms with Gasteiger partial charge in [-0.25, -0.2) is 0 Å². The lowest BCUT2D eigenvalue weighted by atomic mass is 9.70.